The fraction of sp³-hybridized carbons (Fsp3) is 0.125. The lowest BCUT2D eigenvalue weighted by atomic mass is 9.99. The summed E-state index contributed by atoms with van der Waals surface area (Å²) in [6.45, 7) is 1.79. The molecular weight excluding hydrogens is 514 g/mol. The molecule has 190 valence electrons. The van der Waals surface area contributed by atoms with E-state index >= 15 is 8.78 Å². The highest BCUT2D eigenvalue weighted by atomic mass is 32.2. The molecule has 0 fully saturated rings. The Kier molecular flexibility index (Phi) is 5.94. The molecule has 3 aromatic heterocycles. The highest BCUT2D eigenvalue weighted by Gasteiger charge is 2.27. The summed E-state index contributed by atoms with van der Waals surface area (Å²) >= 11 is 0. The number of aryl methyl sites for hydroxylation is 1. The van der Waals surface area contributed by atoms with Crippen molar-refractivity contribution < 1.29 is 30.7 Å². The van der Waals surface area contributed by atoms with E-state index in [0.29, 0.717) is 23.0 Å². The highest BCUT2D eigenvalue weighted by molar-refractivity contribution is 7.90. The van der Waals surface area contributed by atoms with Gasteiger partial charge in [0.15, 0.2) is 21.5 Å². The van der Waals surface area contributed by atoms with Gasteiger partial charge in [0.25, 0.3) is 0 Å². The molecule has 2 aromatic carbocycles. The molecule has 0 aliphatic rings. The van der Waals surface area contributed by atoms with Crippen LogP contribution in [0, 0.1) is 30.2 Å². The maximum Gasteiger partial charge on any atom is 0.232 e. The molecule has 0 radical (unpaired) electrons. The summed E-state index contributed by atoms with van der Waals surface area (Å²) in [7, 11) is -3.25. The van der Waals surface area contributed by atoms with Crippen LogP contribution in [-0.2, 0) is 15.6 Å². The molecule has 3 heterocycles. The Labute approximate surface area is 207 Å². The molecule has 0 amide bonds. The van der Waals surface area contributed by atoms with Crippen molar-refractivity contribution in [1.82, 2.24) is 25.1 Å². The number of pyridine rings is 1. The average Bonchev–Trinajstić information content (AvgIpc) is 3.48. The molecular formula is C24H17F4N5O3S. The maximum absolute atomic E-state index is 15.5. The number of nitrogens with zero attached hydrogens (tertiary/aromatic N) is 3. The number of hydrogen-bond donors (Lipinski definition) is 2. The van der Waals surface area contributed by atoms with Gasteiger partial charge in [0.2, 0.25) is 5.88 Å². The van der Waals surface area contributed by atoms with Gasteiger partial charge in [0.05, 0.1) is 24.6 Å². The fourth-order valence-electron chi connectivity index (χ4n) is 3.98. The molecule has 13 heteroatoms. The number of sulfone groups is 1. The van der Waals surface area contributed by atoms with Crippen molar-refractivity contribution in [2.45, 2.75) is 17.6 Å². The molecule has 0 saturated carbocycles. The lowest BCUT2D eigenvalue weighted by Crippen LogP contribution is -2.10. The van der Waals surface area contributed by atoms with Crippen LogP contribution >= 0.6 is 0 Å². The van der Waals surface area contributed by atoms with Crippen molar-refractivity contribution in [2.75, 3.05) is 7.11 Å². The SMILES string of the molecule is COc1ncc(F)cc1S(=O)(=O)Cc1ccc(F)c(-c2ccc3c(-c4ncc(C)[nH]4)[nH]nc3c2F)c1F. The summed E-state index contributed by atoms with van der Waals surface area (Å²) in [4.78, 5) is 10.1. The lowest BCUT2D eigenvalue weighted by molar-refractivity contribution is 0.382. The smallest absolute Gasteiger partial charge is 0.232 e. The van der Waals surface area contributed by atoms with Gasteiger partial charge in [-0.05, 0) is 25.1 Å². The number of aromatic amines is 2. The van der Waals surface area contributed by atoms with Crippen molar-refractivity contribution in [3.63, 3.8) is 0 Å². The molecule has 0 bridgehead atoms. The molecule has 0 aliphatic heterocycles. The number of hydrogen-bond acceptors (Lipinski definition) is 6. The summed E-state index contributed by atoms with van der Waals surface area (Å²) in [5.41, 5.74) is -0.732. The largest absolute Gasteiger partial charge is 0.480 e. The second-order valence-electron chi connectivity index (χ2n) is 8.15. The van der Waals surface area contributed by atoms with Gasteiger partial charge in [-0.3, -0.25) is 5.10 Å². The number of benzene rings is 2. The van der Waals surface area contributed by atoms with Crippen LogP contribution in [-0.4, -0.2) is 40.7 Å². The lowest BCUT2D eigenvalue weighted by Gasteiger charge is -2.13. The average molecular weight is 531 g/mol. The van der Waals surface area contributed by atoms with E-state index in [1.165, 1.54) is 12.1 Å². The Morgan fingerprint density at radius 1 is 1.00 bits per heavy atom. The van der Waals surface area contributed by atoms with Crippen LogP contribution in [0.2, 0.25) is 0 Å². The molecule has 0 atom stereocenters. The van der Waals surface area contributed by atoms with Crippen LogP contribution in [0.15, 0.2) is 47.6 Å². The van der Waals surface area contributed by atoms with E-state index in [1.807, 2.05) is 0 Å². The van der Waals surface area contributed by atoms with Crippen LogP contribution in [0.5, 0.6) is 5.88 Å². The van der Waals surface area contributed by atoms with E-state index in [4.69, 9.17) is 4.74 Å². The minimum atomic E-state index is -4.39. The van der Waals surface area contributed by atoms with Crippen LogP contribution in [0.4, 0.5) is 17.6 Å². The third kappa shape index (κ3) is 4.20. The number of H-pyrrole nitrogens is 2. The molecule has 0 saturated heterocycles. The van der Waals surface area contributed by atoms with Gasteiger partial charge in [-0.2, -0.15) is 5.10 Å². The minimum Gasteiger partial charge on any atom is -0.480 e. The van der Waals surface area contributed by atoms with E-state index in [1.54, 1.807) is 13.1 Å². The first kappa shape index (κ1) is 24.4. The zero-order valence-corrected chi connectivity index (χ0v) is 20.1. The minimum absolute atomic E-state index is 0.186. The summed E-state index contributed by atoms with van der Waals surface area (Å²) in [6.07, 6.45) is 2.34. The van der Waals surface area contributed by atoms with Crippen molar-refractivity contribution in [3.8, 4) is 28.5 Å². The standard InChI is InChI=1S/C24H17F4N5O3S/c1-11-8-29-23(31-11)22-15-5-4-14(20(28)21(15)32-33-22)18-16(26)6-3-12(19(18)27)10-37(34,35)17-7-13(25)9-30-24(17)36-2/h3-9H,10H2,1-2H3,(H,29,31)(H,32,33). The van der Waals surface area contributed by atoms with Gasteiger partial charge < -0.3 is 9.72 Å². The number of nitrogens with one attached hydrogen (secondary N) is 2. The van der Waals surface area contributed by atoms with Crippen molar-refractivity contribution in [2.24, 2.45) is 0 Å². The normalized spacial score (nSPS) is 11.8. The predicted octanol–water partition coefficient (Wildman–Crippen LogP) is 4.86. The van der Waals surface area contributed by atoms with Crippen LogP contribution in [0.25, 0.3) is 33.5 Å². The molecule has 8 nitrogen and oxygen atoms in total. The number of aromatic nitrogens is 5. The number of fused-ring (bicyclic) bond motifs is 1. The summed E-state index contributed by atoms with van der Waals surface area (Å²) in [5, 5.41) is 6.93. The summed E-state index contributed by atoms with van der Waals surface area (Å²) < 4.78 is 90.3. The summed E-state index contributed by atoms with van der Waals surface area (Å²) in [5.74, 6) is -5.33. The van der Waals surface area contributed by atoms with Crippen molar-refractivity contribution in [1.29, 1.82) is 0 Å². The Balaban J connectivity index is 1.59. The molecule has 37 heavy (non-hydrogen) atoms. The molecule has 0 unspecified atom stereocenters. The van der Waals surface area contributed by atoms with Crippen molar-refractivity contribution in [3.05, 3.63) is 77.3 Å². The third-order valence-electron chi connectivity index (χ3n) is 5.70. The molecule has 0 aliphatic carbocycles. The van der Waals surface area contributed by atoms with E-state index in [2.05, 4.69) is 25.1 Å². The van der Waals surface area contributed by atoms with Crippen LogP contribution in [0.3, 0.4) is 0 Å². The Morgan fingerprint density at radius 3 is 2.49 bits per heavy atom. The number of rotatable bonds is 6. The Morgan fingerprint density at radius 2 is 1.78 bits per heavy atom. The molecule has 5 aromatic rings. The zero-order chi connectivity index (χ0) is 26.5. The monoisotopic (exact) mass is 531 g/mol. The summed E-state index contributed by atoms with van der Waals surface area (Å²) in [6, 6.07) is 5.04. The number of halogens is 4. The van der Waals surface area contributed by atoms with Crippen LogP contribution in [0.1, 0.15) is 11.3 Å². The van der Waals surface area contributed by atoms with Gasteiger partial charge in [-0.15, -0.1) is 0 Å². The molecule has 5 rings (SSSR count). The predicted molar refractivity (Wildman–Crippen MR) is 125 cm³/mol. The number of ether oxygens (including phenoxy) is 1. The van der Waals surface area contributed by atoms with Gasteiger partial charge in [0, 0.05) is 28.4 Å². The fourth-order valence-corrected chi connectivity index (χ4v) is 5.46. The first-order valence-corrected chi connectivity index (χ1v) is 12.3. The van der Waals surface area contributed by atoms with E-state index in [-0.39, 0.29) is 11.4 Å². The van der Waals surface area contributed by atoms with Crippen LogP contribution < -0.4 is 4.74 Å². The second kappa shape index (κ2) is 9.00. The van der Waals surface area contributed by atoms with Gasteiger partial charge >= 0.3 is 0 Å². The molecule has 2 N–H and O–H groups in total. The maximum atomic E-state index is 15.5. The first-order valence-electron chi connectivity index (χ1n) is 10.7. The van der Waals surface area contributed by atoms with E-state index in [9.17, 15) is 17.2 Å². The number of imidazole rings is 1. The van der Waals surface area contributed by atoms with E-state index < -0.39 is 60.4 Å². The van der Waals surface area contributed by atoms with Crippen molar-refractivity contribution >= 4 is 20.7 Å². The highest BCUT2D eigenvalue weighted by Crippen LogP contribution is 2.36. The first-order chi connectivity index (χ1) is 17.6. The second-order valence-corrected chi connectivity index (χ2v) is 10.1. The van der Waals surface area contributed by atoms with E-state index in [0.717, 1.165) is 31.1 Å². The Bertz CT molecular complexity index is 1780. The van der Waals surface area contributed by atoms with Gasteiger partial charge in [0.1, 0.15) is 33.6 Å². The zero-order valence-electron chi connectivity index (χ0n) is 19.2. The van der Waals surface area contributed by atoms with Gasteiger partial charge in [-0.25, -0.2) is 35.9 Å². The third-order valence-corrected chi connectivity index (χ3v) is 7.36. The Hall–Kier alpha value is -4.26. The number of methoxy groups -OCH3 is 1. The quantitative estimate of drug-likeness (QED) is 0.303. The molecule has 0 spiro atoms. The van der Waals surface area contributed by atoms with Gasteiger partial charge in [-0.1, -0.05) is 12.1 Å². The topological polar surface area (TPSA) is 114 Å².